The zero-order valence-electron chi connectivity index (χ0n) is 20.1. The average molecular weight is 507 g/mol. The summed E-state index contributed by atoms with van der Waals surface area (Å²) in [4.78, 5) is 26.6. The van der Waals surface area contributed by atoms with E-state index in [0.29, 0.717) is 27.9 Å². The van der Waals surface area contributed by atoms with Gasteiger partial charge in [0.2, 0.25) is 0 Å². The second kappa shape index (κ2) is 10.1. The molecule has 3 N–H and O–H groups in total. The molecule has 1 fully saturated rings. The maximum Gasteiger partial charge on any atom is 0.269 e. The highest BCUT2D eigenvalue weighted by atomic mass is 35.5. The van der Waals surface area contributed by atoms with E-state index in [4.69, 9.17) is 36.8 Å². The number of carbonyl (C=O) groups excluding carboxylic acids is 1. The smallest absolute Gasteiger partial charge is 0.269 e. The average Bonchev–Trinajstić information content (AvgIpc) is 2.91. The summed E-state index contributed by atoms with van der Waals surface area (Å²) in [5.74, 6) is 0.571. The molecule has 36 heavy (non-hydrogen) atoms. The number of methoxy groups -OCH3 is 2. The number of nitrogens with zero attached hydrogens (tertiary/aromatic N) is 4. The Hall–Kier alpha value is -3.66. The fourth-order valence-electron chi connectivity index (χ4n) is 4.57. The molecule has 0 saturated carbocycles. The van der Waals surface area contributed by atoms with Crippen LogP contribution in [0.1, 0.15) is 5.69 Å². The normalized spacial score (nSPS) is 17.8. The Kier molecular flexibility index (Phi) is 6.77. The van der Waals surface area contributed by atoms with Gasteiger partial charge < -0.3 is 25.4 Å². The van der Waals surface area contributed by atoms with Crippen molar-refractivity contribution in [2.45, 2.75) is 6.29 Å². The lowest BCUT2D eigenvalue weighted by molar-refractivity contribution is -0.112. The van der Waals surface area contributed by atoms with Crippen molar-refractivity contribution in [2.24, 2.45) is 10.7 Å². The Morgan fingerprint density at radius 2 is 1.83 bits per heavy atom. The first-order valence-corrected chi connectivity index (χ1v) is 12.0. The van der Waals surface area contributed by atoms with E-state index in [1.54, 1.807) is 14.2 Å². The predicted molar refractivity (Wildman–Crippen MR) is 140 cm³/mol. The molecular weight excluding hydrogens is 480 g/mol. The summed E-state index contributed by atoms with van der Waals surface area (Å²) in [7, 11) is 3.17. The molecule has 3 aromatic rings. The van der Waals surface area contributed by atoms with E-state index in [0.717, 1.165) is 43.1 Å². The molecule has 2 aliphatic heterocycles. The van der Waals surface area contributed by atoms with Gasteiger partial charge in [-0.25, -0.2) is 9.98 Å². The molecule has 1 amide bonds. The standard InChI is InChI=1S/C26H27ClN6O3/c1-35-21-9-6-16(14-22(21)36-2)19-7-8-20-23(30-19)24(25(28)34)31-26(32-12-10-29-11-13-32)33(20)18-5-3-4-17(27)15-18/h3-9,14-15,26,29H,10-13H2,1-2H3,(H2,28,34). The van der Waals surface area contributed by atoms with E-state index in [1.165, 1.54) is 0 Å². The van der Waals surface area contributed by atoms with Crippen LogP contribution >= 0.6 is 11.6 Å². The number of nitrogens with one attached hydrogen (secondary N) is 1. The number of carbonyl (C=O) groups is 1. The largest absolute Gasteiger partial charge is 0.493 e. The van der Waals surface area contributed by atoms with Crippen molar-refractivity contribution >= 4 is 34.6 Å². The van der Waals surface area contributed by atoms with E-state index >= 15 is 0 Å². The molecule has 9 nitrogen and oxygen atoms in total. The number of hydrogen-bond acceptors (Lipinski definition) is 8. The van der Waals surface area contributed by atoms with Crippen molar-refractivity contribution in [3.05, 3.63) is 65.3 Å². The second-order valence-corrected chi connectivity index (χ2v) is 8.89. The van der Waals surface area contributed by atoms with Crippen LogP contribution in [0.2, 0.25) is 5.02 Å². The number of aromatic nitrogens is 1. The van der Waals surface area contributed by atoms with Gasteiger partial charge in [0.05, 0.1) is 25.6 Å². The molecule has 2 aromatic carbocycles. The molecule has 1 aromatic heterocycles. The van der Waals surface area contributed by atoms with Crippen LogP contribution in [0.15, 0.2) is 59.6 Å². The van der Waals surface area contributed by atoms with Gasteiger partial charge in [0, 0.05) is 42.5 Å². The van der Waals surface area contributed by atoms with E-state index < -0.39 is 12.2 Å². The van der Waals surface area contributed by atoms with Gasteiger partial charge in [-0.05, 0) is 48.5 Å². The van der Waals surface area contributed by atoms with Crippen molar-refractivity contribution in [3.63, 3.8) is 0 Å². The number of primary amides is 1. The van der Waals surface area contributed by atoms with Gasteiger partial charge in [-0.1, -0.05) is 17.7 Å². The minimum Gasteiger partial charge on any atom is -0.493 e. The molecule has 0 bridgehead atoms. The number of amides is 1. The monoisotopic (exact) mass is 506 g/mol. The summed E-state index contributed by atoms with van der Waals surface area (Å²) in [6, 6.07) is 17.0. The lowest BCUT2D eigenvalue weighted by Gasteiger charge is -2.43. The lowest BCUT2D eigenvalue weighted by Crippen LogP contribution is -2.55. The Balaban J connectivity index is 1.67. The third kappa shape index (κ3) is 4.48. The van der Waals surface area contributed by atoms with Crippen LogP contribution in [-0.2, 0) is 4.79 Å². The number of piperazine rings is 1. The Morgan fingerprint density at radius 1 is 1.06 bits per heavy atom. The number of pyridine rings is 1. The molecule has 1 unspecified atom stereocenters. The fraction of sp³-hybridized carbons (Fsp3) is 0.269. The molecule has 0 radical (unpaired) electrons. The van der Waals surface area contributed by atoms with E-state index in [2.05, 4.69) is 15.1 Å². The van der Waals surface area contributed by atoms with E-state index in [9.17, 15) is 4.79 Å². The number of benzene rings is 2. The summed E-state index contributed by atoms with van der Waals surface area (Å²) in [6.07, 6.45) is -0.464. The van der Waals surface area contributed by atoms with Crippen molar-refractivity contribution in [1.82, 2.24) is 15.2 Å². The number of rotatable bonds is 6. The van der Waals surface area contributed by atoms with Crippen LogP contribution in [0.25, 0.3) is 11.3 Å². The van der Waals surface area contributed by atoms with Crippen molar-refractivity contribution in [2.75, 3.05) is 45.3 Å². The predicted octanol–water partition coefficient (Wildman–Crippen LogP) is 3.03. The van der Waals surface area contributed by atoms with Crippen LogP contribution in [-0.4, -0.2) is 68.2 Å². The lowest BCUT2D eigenvalue weighted by atomic mass is 10.0. The molecular formula is C26H27ClN6O3. The highest BCUT2D eigenvalue weighted by Crippen LogP contribution is 2.39. The minimum absolute atomic E-state index is 0.147. The number of aliphatic imine (C=N–C) groups is 1. The quantitative estimate of drug-likeness (QED) is 0.529. The van der Waals surface area contributed by atoms with E-state index in [-0.39, 0.29) is 5.71 Å². The van der Waals surface area contributed by atoms with Crippen molar-refractivity contribution < 1.29 is 14.3 Å². The van der Waals surface area contributed by atoms with Gasteiger partial charge >= 0.3 is 0 Å². The Labute approximate surface area is 214 Å². The summed E-state index contributed by atoms with van der Waals surface area (Å²) in [5, 5.41) is 3.97. The SMILES string of the molecule is COc1ccc(-c2ccc3c(n2)C(C(N)=O)=NC(N2CCNCC2)N3c2cccc(Cl)c2)cc1OC. The van der Waals surface area contributed by atoms with Gasteiger partial charge in [-0.15, -0.1) is 0 Å². The number of fused-ring (bicyclic) bond motifs is 1. The van der Waals surface area contributed by atoms with Gasteiger partial charge in [-0.2, -0.15) is 0 Å². The van der Waals surface area contributed by atoms with Gasteiger partial charge in [0.15, 0.2) is 23.5 Å². The van der Waals surface area contributed by atoms with Crippen molar-refractivity contribution in [3.8, 4) is 22.8 Å². The molecule has 1 atom stereocenters. The van der Waals surface area contributed by atoms with Crippen LogP contribution in [0.3, 0.4) is 0 Å². The Bertz CT molecular complexity index is 1320. The molecule has 1 saturated heterocycles. The number of nitrogens with two attached hydrogens (primary N) is 1. The van der Waals surface area contributed by atoms with E-state index in [1.807, 2.05) is 54.6 Å². The molecule has 10 heteroatoms. The fourth-order valence-corrected chi connectivity index (χ4v) is 4.76. The first-order valence-electron chi connectivity index (χ1n) is 11.6. The molecule has 0 aliphatic carbocycles. The third-order valence-electron chi connectivity index (χ3n) is 6.31. The second-order valence-electron chi connectivity index (χ2n) is 8.46. The first-order chi connectivity index (χ1) is 17.5. The van der Waals surface area contributed by atoms with Crippen molar-refractivity contribution in [1.29, 1.82) is 0 Å². The molecule has 186 valence electrons. The number of ether oxygens (including phenoxy) is 2. The van der Waals surface area contributed by atoms with Crippen LogP contribution in [0.4, 0.5) is 11.4 Å². The molecule has 0 spiro atoms. The summed E-state index contributed by atoms with van der Waals surface area (Å²) in [6.45, 7) is 3.18. The number of hydrogen-bond donors (Lipinski definition) is 2. The highest BCUT2D eigenvalue weighted by Gasteiger charge is 2.36. The van der Waals surface area contributed by atoms with Crippen LogP contribution in [0, 0.1) is 0 Å². The third-order valence-corrected chi connectivity index (χ3v) is 6.55. The number of halogens is 1. The maximum atomic E-state index is 12.6. The zero-order valence-corrected chi connectivity index (χ0v) is 20.8. The zero-order chi connectivity index (χ0) is 25.2. The minimum atomic E-state index is -0.626. The first kappa shape index (κ1) is 24.1. The summed E-state index contributed by atoms with van der Waals surface area (Å²) < 4.78 is 10.8. The maximum absolute atomic E-state index is 12.6. The molecule has 2 aliphatic rings. The molecule has 3 heterocycles. The van der Waals surface area contributed by atoms with Gasteiger partial charge in [-0.3, -0.25) is 9.69 Å². The summed E-state index contributed by atoms with van der Waals surface area (Å²) >= 11 is 6.36. The highest BCUT2D eigenvalue weighted by molar-refractivity contribution is 6.46. The number of anilines is 2. The topological polar surface area (TPSA) is 105 Å². The van der Waals surface area contributed by atoms with Crippen LogP contribution < -0.4 is 25.4 Å². The summed E-state index contributed by atoms with van der Waals surface area (Å²) in [5.41, 5.74) is 9.43. The Morgan fingerprint density at radius 3 is 2.53 bits per heavy atom. The van der Waals surface area contributed by atoms with Gasteiger partial charge in [0.25, 0.3) is 5.91 Å². The molecule has 5 rings (SSSR count). The van der Waals surface area contributed by atoms with Crippen LogP contribution in [0.5, 0.6) is 11.5 Å². The van der Waals surface area contributed by atoms with Gasteiger partial charge in [0.1, 0.15) is 5.69 Å².